The smallest absolute Gasteiger partial charge is 0.143 e. The summed E-state index contributed by atoms with van der Waals surface area (Å²) >= 11 is 18.0. The summed E-state index contributed by atoms with van der Waals surface area (Å²) in [5, 5.41) is 26.1. The normalized spacial score (nSPS) is 11.6. The lowest BCUT2D eigenvalue weighted by Crippen LogP contribution is -1.84. The highest BCUT2D eigenvalue weighted by Crippen LogP contribution is 2.49. The van der Waals surface area contributed by atoms with Gasteiger partial charge < -0.3 is 22.1 Å². The number of fused-ring (bicyclic) bond motifs is 26. The zero-order valence-electron chi connectivity index (χ0n) is 72.7. The summed E-state index contributed by atoms with van der Waals surface area (Å²) in [6.45, 7) is 0. The van der Waals surface area contributed by atoms with Crippen LogP contribution < -0.4 is 0 Å². The molecule has 0 spiro atoms. The van der Waals surface area contributed by atoms with E-state index in [1.807, 2.05) is 30.3 Å². The van der Waals surface area contributed by atoms with Gasteiger partial charge in [-0.3, -0.25) is 0 Å². The molecule has 0 saturated carbocycles. The highest BCUT2D eigenvalue weighted by Gasteiger charge is 2.23. The number of para-hydroxylation sites is 5. The molecule has 0 fully saturated rings. The molecule has 0 bridgehead atoms. The van der Waals surface area contributed by atoms with Crippen molar-refractivity contribution in [3.05, 3.63) is 477 Å². The van der Waals surface area contributed by atoms with Gasteiger partial charge >= 0.3 is 0 Å². The van der Waals surface area contributed by atoms with Gasteiger partial charge in [-0.05, 0) is 213 Å². The van der Waals surface area contributed by atoms with Crippen molar-refractivity contribution >= 4 is 254 Å². The lowest BCUT2D eigenvalue weighted by Gasteiger charge is -2.09. The van der Waals surface area contributed by atoms with Crippen LogP contribution in [0.5, 0.6) is 0 Å². The van der Waals surface area contributed by atoms with Crippen molar-refractivity contribution in [3.8, 4) is 77.9 Å². The first-order valence-corrected chi connectivity index (χ1v) is 49.0. The van der Waals surface area contributed by atoms with Gasteiger partial charge in [0.1, 0.15) is 55.8 Å². The van der Waals surface area contributed by atoms with Crippen LogP contribution in [0.3, 0.4) is 0 Å². The third kappa shape index (κ3) is 15.5. The lowest BCUT2D eigenvalue weighted by atomic mass is 9.94. The third-order valence-electron chi connectivity index (χ3n) is 26.0. The minimum atomic E-state index is 0.924. The molecule has 5 nitrogen and oxygen atoms in total. The van der Waals surface area contributed by atoms with Crippen molar-refractivity contribution in [1.29, 1.82) is 0 Å². The zero-order chi connectivity index (χ0) is 91.0. The van der Waals surface area contributed by atoms with Gasteiger partial charge in [0.15, 0.2) is 0 Å². The standard InChI is InChI=1S/2C28H17BrO.C26H15BrO.2C22H13BrO/c29-22-11-6-9-19(16-22)18-8-5-10-20(15-18)25-17-21-7-1-2-12-23(21)27-24-13-3-4-14-26(24)30-28(25)27;29-22-16-20(18-7-2-1-3-8-18)15-21(17-22)24-11-6-12-25-26-14-13-19-9-4-5-10-23(19)27(26)30-28(24)25;27-24-15-14-19(18-8-3-4-9-20(18)24)21-10-5-11-22-23-13-12-16-6-1-2-7-17(16)25(23)28-26(21)22;23-15-11-9-14(10-12-15)19-13-21-22(17-6-2-1-5-16(17)19)18-7-3-4-8-20(18)24-21;23-16-11-8-15(9-12-16)18-6-3-7-19-20-13-10-14-4-1-2-5-17(14)22(20)24-21(18)19/h2*1-17H;1-15H;2*1-13H. The largest absolute Gasteiger partial charge is 0.456 e. The van der Waals surface area contributed by atoms with Gasteiger partial charge in [-0.15, -0.1) is 0 Å². The Labute approximate surface area is 823 Å². The second kappa shape index (κ2) is 35.8. The Morgan fingerprint density at radius 3 is 1.10 bits per heavy atom. The average Bonchev–Trinajstić information content (AvgIpc) is 1.62. The second-order valence-corrected chi connectivity index (χ2v) is 38.6. The number of halogens is 5. The van der Waals surface area contributed by atoms with E-state index in [4.69, 9.17) is 22.1 Å². The Balaban J connectivity index is 0.0000000932. The molecule has 0 aliphatic rings. The van der Waals surface area contributed by atoms with E-state index in [1.54, 1.807) is 0 Å². The Kier molecular flexibility index (Phi) is 22.1. The quantitative estimate of drug-likeness (QED) is 0.159. The topological polar surface area (TPSA) is 65.7 Å². The minimum Gasteiger partial charge on any atom is -0.456 e. The molecule has 28 aromatic rings. The maximum Gasteiger partial charge on any atom is 0.143 e. The molecule has 644 valence electrons. The Morgan fingerprint density at radius 2 is 0.522 bits per heavy atom. The minimum absolute atomic E-state index is 0.924. The van der Waals surface area contributed by atoms with E-state index in [0.717, 1.165) is 166 Å². The van der Waals surface area contributed by atoms with Crippen molar-refractivity contribution in [2.45, 2.75) is 0 Å². The summed E-state index contributed by atoms with van der Waals surface area (Å²) in [5.41, 5.74) is 25.7. The molecule has 0 aliphatic heterocycles. The fraction of sp³-hybridized carbons (Fsp3) is 0. The molecule has 0 amide bonds. The summed E-state index contributed by atoms with van der Waals surface area (Å²) in [4.78, 5) is 0. The van der Waals surface area contributed by atoms with Crippen molar-refractivity contribution in [3.63, 3.8) is 0 Å². The van der Waals surface area contributed by atoms with Crippen molar-refractivity contribution < 1.29 is 22.1 Å². The Bertz CT molecular complexity index is 9580. The van der Waals surface area contributed by atoms with E-state index in [9.17, 15) is 0 Å². The molecule has 5 heterocycles. The number of benzene rings is 23. The molecule has 0 N–H and O–H groups in total. The maximum absolute atomic E-state index is 6.52. The van der Waals surface area contributed by atoms with Crippen molar-refractivity contribution in [2.24, 2.45) is 0 Å². The van der Waals surface area contributed by atoms with Crippen LogP contribution in [0.2, 0.25) is 0 Å². The SMILES string of the molecule is Brc1cc(-c2ccccc2)cc(-c2cccc3c2oc2c4ccccc4ccc32)c1.Brc1ccc(-c2cc3oc4ccccc4c3c3ccccc23)cc1.Brc1ccc(-c2cccc3c2oc2c4ccccc4ccc32)c2ccccc12.Brc1ccc(-c2cccc3c2oc2c4ccccc4ccc32)cc1.Brc1cccc(-c2cccc(-c3cc4ccccc4c4c3oc3ccccc34)c2)c1. The third-order valence-corrected chi connectivity index (χ3v) is 28.7. The van der Waals surface area contributed by atoms with Crippen molar-refractivity contribution in [2.75, 3.05) is 0 Å². The molecule has 28 rings (SSSR count). The first-order chi connectivity index (χ1) is 67.0. The van der Waals surface area contributed by atoms with E-state index in [0.29, 0.717) is 0 Å². The van der Waals surface area contributed by atoms with Crippen LogP contribution in [0, 0.1) is 0 Å². The van der Waals surface area contributed by atoms with Gasteiger partial charge in [0.05, 0.1) is 0 Å². The van der Waals surface area contributed by atoms with Crippen LogP contribution in [0.1, 0.15) is 0 Å². The van der Waals surface area contributed by atoms with Crippen LogP contribution >= 0.6 is 79.6 Å². The fourth-order valence-electron chi connectivity index (χ4n) is 19.7. The molecular weight excluding hydrogens is 1990 g/mol. The fourth-order valence-corrected chi connectivity index (χ4v) is 21.6. The molecular formula is C126H75Br5O5. The summed E-state index contributed by atoms with van der Waals surface area (Å²) < 4.78 is 37.4. The predicted octanol–water partition coefficient (Wildman–Crippen LogP) is 40.3. The number of furan rings is 5. The van der Waals surface area contributed by atoms with E-state index >= 15 is 0 Å². The van der Waals surface area contributed by atoms with E-state index in [2.05, 4.69) is 504 Å². The second-order valence-electron chi connectivity index (χ2n) is 34.1. The van der Waals surface area contributed by atoms with E-state index in [-0.39, 0.29) is 0 Å². The maximum atomic E-state index is 6.52. The monoisotopic (exact) mass is 2060 g/mol. The zero-order valence-corrected chi connectivity index (χ0v) is 80.7. The van der Waals surface area contributed by atoms with Crippen LogP contribution in [0.4, 0.5) is 0 Å². The molecule has 0 radical (unpaired) electrons. The molecule has 0 aliphatic carbocycles. The van der Waals surface area contributed by atoms with Crippen molar-refractivity contribution in [1.82, 2.24) is 0 Å². The Hall–Kier alpha value is -15.0. The predicted molar refractivity (Wildman–Crippen MR) is 590 cm³/mol. The van der Waals surface area contributed by atoms with Gasteiger partial charge in [-0.25, -0.2) is 0 Å². The van der Waals surface area contributed by atoms with Crippen LogP contribution in [-0.4, -0.2) is 0 Å². The molecule has 0 saturated heterocycles. The van der Waals surface area contributed by atoms with Gasteiger partial charge in [0, 0.05) is 115 Å². The molecule has 5 aromatic heterocycles. The molecule has 23 aromatic carbocycles. The molecule has 10 heteroatoms. The number of hydrogen-bond acceptors (Lipinski definition) is 5. The van der Waals surface area contributed by atoms with Gasteiger partial charge in [0.2, 0.25) is 0 Å². The highest BCUT2D eigenvalue weighted by atomic mass is 79.9. The van der Waals surface area contributed by atoms with Gasteiger partial charge in [-0.2, -0.15) is 0 Å². The van der Waals surface area contributed by atoms with E-state index < -0.39 is 0 Å². The van der Waals surface area contributed by atoms with Gasteiger partial charge in [0.25, 0.3) is 0 Å². The van der Waals surface area contributed by atoms with E-state index in [1.165, 1.54) is 109 Å². The molecule has 0 unspecified atom stereocenters. The summed E-state index contributed by atoms with van der Waals surface area (Å²) in [5.74, 6) is 0. The number of hydrogen-bond donors (Lipinski definition) is 0. The molecule has 136 heavy (non-hydrogen) atoms. The number of rotatable bonds is 7. The lowest BCUT2D eigenvalue weighted by molar-refractivity contribution is 0.669. The first kappa shape index (κ1) is 84.0. The first-order valence-electron chi connectivity index (χ1n) is 45.1. The Morgan fingerprint density at radius 1 is 0.132 bits per heavy atom. The summed E-state index contributed by atoms with van der Waals surface area (Å²) in [6.07, 6.45) is 0. The summed E-state index contributed by atoms with van der Waals surface area (Å²) in [6, 6.07) is 159. The average molecular weight is 2070 g/mol. The summed E-state index contributed by atoms with van der Waals surface area (Å²) in [7, 11) is 0. The molecule has 0 atom stereocenters. The van der Waals surface area contributed by atoms with Gasteiger partial charge in [-0.1, -0.05) is 425 Å². The highest BCUT2D eigenvalue weighted by molar-refractivity contribution is 9.11. The van der Waals surface area contributed by atoms with Crippen LogP contribution in [0.15, 0.2) is 499 Å². The van der Waals surface area contributed by atoms with Crippen LogP contribution in [-0.2, 0) is 0 Å². The van der Waals surface area contributed by atoms with Crippen LogP contribution in [0.25, 0.3) is 252 Å².